The van der Waals surface area contributed by atoms with Crippen molar-refractivity contribution in [2.24, 2.45) is 11.8 Å². The van der Waals surface area contributed by atoms with E-state index in [1.54, 1.807) is 36.0 Å². The molecule has 3 aliphatic heterocycles. The van der Waals surface area contributed by atoms with Crippen LogP contribution in [0.2, 0.25) is 0 Å². The fourth-order valence-electron chi connectivity index (χ4n) is 7.93. The molecule has 49 heavy (non-hydrogen) atoms. The lowest BCUT2D eigenvalue weighted by Gasteiger charge is -2.45. The second-order valence-corrected chi connectivity index (χ2v) is 17.6. The zero-order chi connectivity index (χ0) is 35.1. The summed E-state index contributed by atoms with van der Waals surface area (Å²) in [6, 6.07) is 4.50. The highest BCUT2D eigenvalue weighted by molar-refractivity contribution is 7.91. The molecule has 6 atom stereocenters. The van der Waals surface area contributed by atoms with Gasteiger partial charge in [-0.1, -0.05) is 26.0 Å². The Morgan fingerprint density at radius 1 is 1.06 bits per heavy atom. The third-order valence-electron chi connectivity index (χ3n) is 11.2. The number of methoxy groups -OCH3 is 1. The number of hydrogen-bond acceptors (Lipinski definition) is 10. The summed E-state index contributed by atoms with van der Waals surface area (Å²) in [5.74, 6) is 0.560. The first kappa shape index (κ1) is 33.6. The van der Waals surface area contributed by atoms with Crippen LogP contribution in [0.15, 0.2) is 30.4 Å². The van der Waals surface area contributed by atoms with Gasteiger partial charge in [0.15, 0.2) is 5.54 Å². The van der Waals surface area contributed by atoms with E-state index in [0.29, 0.717) is 53.7 Å². The van der Waals surface area contributed by atoms with Crippen molar-refractivity contribution in [3.8, 4) is 11.6 Å². The number of amides is 3. The van der Waals surface area contributed by atoms with Crippen molar-refractivity contribution in [3.63, 3.8) is 0 Å². The van der Waals surface area contributed by atoms with Gasteiger partial charge in [0.05, 0.1) is 29.3 Å². The van der Waals surface area contributed by atoms with E-state index in [2.05, 4.69) is 29.1 Å². The summed E-state index contributed by atoms with van der Waals surface area (Å²) in [6.45, 7) is 6.04. The average Bonchev–Trinajstić information content (AvgIpc) is 3.86. The molecule has 13 nitrogen and oxygen atoms in total. The molecule has 2 saturated heterocycles. The van der Waals surface area contributed by atoms with Crippen molar-refractivity contribution in [1.82, 2.24) is 24.5 Å². The topological polar surface area (TPSA) is 151 Å². The molecular formula is C35H46N6O7S. The van der Waals surface area contributed by atoms with E-state index in [4.69, 9.17) is 9.47 Å². The Morgan fingerprint density at radius 3 is 2.51 bits per heavy atom. The molecule has 4 heterocycles. The SMILES string of the molecule is COc1ccc2c(O[C@@H]3C[C@H]4C(=O)N[C@]56C[C@]5(/C=C\CC[C@@H](C)C[C@@H](C)CC(=O)N4C3)N(S(=O)(=O)C3(C)CC3)C6=O)nc(N(C)C)nc2c1. The maximum absolute atomic E-state index is 14.2. The number of benzene rings is 1. The lowest BCUT2D eigenvalue weighted by atomic mass is 9.91. The minimum atomic E-state index is -3.92. The van der Waals surface area contributed by atoms with Gasteiger partial charge in [0, 0.05) is 39.4 Å². The molecule has 0 bridgehead atoms. The summed E-state index contributed by atoms with van der Waals surface area (Å²) in [7, 11) is 1.32. The molecule has 4 fully saturated rings. The highest BCUT2D eigenvalue weighted by atomic mass is 32.2. The van der Waals surface area contributed by atoms with E-state index < -0.39 is 49.8 Å². The van der Waals surface area contributed by atoms with Crippen molar-refractivity contribution < 1.29 is 32.3 Å². The molecular weight excluding hydrogens is 648 g/mol. The van der Waals surface area contributed by atoms with Crippen molar-refractivity contribution >= 4 is 44.6 Å². The second kappa shape index (κ2) is 11.6. The van der Waals surface area contributed by atoms with Crippen LogP contribution in [0.3, 0.4) is 0 Å². The van der Waals surface area contributed by atoms with E-state index in [9.17, 15) is 22.8 Å². The fourth-order valence-corrected chi connectivity index (χ4v) is 10.1. The summed E-state index contributed by atoms with van der Waals surface area (Å²) in [4.78, 5) is 54.6. The Morgan fingerprint density at radius 2 is 1.82 bits per heavy atom. The molecule has 5 aliphatic rings. The number of sulfonamides is 1. The lowest BCUT2D eigenvalue weighted by molar-refractivity contribution is -0.146. The third kappa shape index (κ3) is 5.32. The van der Waals surface area contributed by atoms with Crippen molar-refractivity contribution in [1.29, 1.82) is 0 Å². The molecule has 2 saturated carbocycles. The maximum Gasteiger partial charge on any atom is 0.265 e. The van der Waals surface area contributed by atoms with Crippen LogP contribution in [0.4, 0.5) is 5.95 Å². The summed E-state index contributed by atoms with van der Waals surface area (Å²) < 4.78 is 39.3. The number of carbonyl (C=O) groups is 3. The Bertz CT molecular complexity index is 1860. The van der Waals surface area contributed by atoms with Gasteiger partial charge in [0.2, 0.25) is 33.7 Å². The number of allylic oxidation sites excluding steroid dienone is 1. The molecule has 0 spiro atoms. The minimum absolute atomic E-state index is 0.0898. The zero-order valence-corrected chi connectivity index (χ0v) is 29.9. The Labute approximate surface area is 287 Å². The number of nitrogens with zero attached hydrogens (tertiary/aromatic N) is 5. The second-order valence-electron chi connectivity index (χ2n) is 15.3. The molecule has 7 rings (SSSR count). The van der Waals surface area contributed by atoms with E-state index in [1.165, 1.54) is 0 Å². The number of β-lactam (4-membered cyclic amide) rings is 1. The van der Waals surface area contributed by atoms with Gasteiger partial charge in [-0.25, -0.2) is 17.7 Å². The summed E-state index contributed by atoms with van der Waals surface area (Å²) in [5, 5.41) is 3.63. The zero-order valence-electron chi connectivity index (χ0n) is 29.1. The van der Waals surface area contributed by atoms with Gasteiger partial charge in [0.1, 0.15) is 23.4 Å². The number of anilines is 1. The van der Waals surface area contributed by atoms with Crippen LogP contribution >= 0.6 is 0 Å². The fraction of sp³-hybridized carbons (Fsp3) is 0.629. The number of ether oxygens (including phenoxy) is 2. The predicted octanol–water partition coefficient (Wildman–Crippen LogP) is 3.18. The summed E-state index contributed by atoms with van der Waals surface area (Å²) in [6.07, 6.45) is 7.24. The van der Waals surface area contributed by atoms with Gasteiger partial charge < -0.3 is 24.6 Å². The first-order valence-electron chi connectivity index (χ1n) is 17.2. The number of carbonyl (C=O) groups excluding carboxylic acids is 3. The number of rotatable bonds is 6. The van der Waals surface area contributed by atoms with E-state index >= 15 is 0 Å². The lowest BCUT2D eigenvalue weighted by Crippen LogP contribution is -2.73. The molecule has 2 aliphatic carbocycles. The molecule has 3 amide bonds. The Hall–Kier alpha value is -3.94. The van der Waals surface area contributed by atoms with Gasteiger partial charge in [0.25, 0.3) is 5.91 Å². The van der Waals surface area contributed by atoms with Gasteiger partial charge in [-0.2, -0.15) is 4.98 Å². The normalized spacial score (nSPS) is 33.2. The van der Waals surface area contributed by atoms with Crippen LogP contribution in [0.5, 0.6) is 11.6 Å². The number of fused-ring (bicyclic) bond motifs is 2. The highest BCUT2D eigenvalue weighted by Crippen LogP contribution is 2.67. The summed E-state index contributed by atoms with van der Waals surface area (Å²) in [5.41, 5.74) is -1.86. The predicted molar refractivity (Wildman–Crippen MR) is 183 cm³/mol. The van der Waals surface area contributed by atoms with E-state index in [-0.39, 0.29) is 37.6 Å². The molecule has 0 unspecified atom stereocenters. The first-order chi connectivity index (χ1) is 23.1. The molecule has 0 radical (unpaired) electrons. The van der Waals surface area contributed by atoms with Gasteiger partial charge in [-0.15, -0.1) is 0 Å². The summed E-state index contributed by atoms with van der Waals surface area (Å²) >= 11 is 0. The van der Waals surface area contributed by atoms with Crippen LogP contribution in [0.1, 0.15) is 72.1 Å². The van der Waals surface area contributed by atoms with Gasteiger partial charge in [-0.05, 0) is 63.0 Å². The molecule has 1 aromatic heterocycles. The van der Waals surface area contributed by atoms with Crippen LogP contribution < -0.4 is 19.7 Å². The van der Waals surface area contributed by atoms with Crippen LogP contribution in [0, 0.1) is 11.8 Å². The largest absolute Gasteiger partial charge is 0.497 e. The van der Waals surface area contributed by atoms with E-state index in [0.717, 1.165) is 17.1 Å². The van der Waals surface area contributed by atoms with Crippen molar-refractivity contribution in [2.75, 3.05) is 32.6 Å². The molecule has 1 N–H and O–H groups in total. The van der Waals surface area contributed by atoms with Crippen LogP contribution in [0.25, 0.3) is 10.9 Å². The smallest absolute Gasteiger partial charge is 0.265 e. The Kier molecular flexibility index (Phi) is 7.92. The van der Waals surface area contributed by atoms with Gasteiger partial charge in [-0.3, -0.25) is 14.4 Å². The molecule has 1 aromatic carbocycles. The molecule has 264 valence electrons. The number of aromatic nitrogens is 2. The monoisotopic (exact) mass is 694 g/mol. The standard InChI is InChI=1S/C35H46N6O7S/c1-21-9-7-8-12-34-20-35(34,31(44)41(34)49(45,46)33(3)13-14-33)38-29(43)27-18-24(19-40(27)28(42)16-22(2)15-21)48-30-25-11-10-23(47-6)17-26(25)36-32(37-30)39(4)5/h8,10-12,17,21-22,24,27H,7,9,13-16,18-20H2,1-6H3,(H,38,43)/b12-8-/t21-,22-,24-,27+,34+,35+/m1/s1. The number of nitrogens with one attached hydrogen (secondary N) is 1. The van der Waals surface area contributed by atoms with Crippen LogP contribution in [-0.4, -0.2) is 101 Å². The average molecular weight is 695 g/mol. The van der Waals surface area contributed by atoms with Gasteiger partial charge >= 0.3 is 0 Å². The number of hydrogen-bond donors (Lipinski definition) is 1. The van der Waals surface area contributed by atoms with E-state index in [1.807, 2.05) is 32.3 Å². The molecule has 2 aromatic rings. The van der Waals surface area contributed by atoms with Crippen molar-refractivity contribution in [2.45, 2.75) is 100 Å². The maximum atomic E-state index is 14.2. The highest BCUT2D eigenvalue weighted by Gasteiger charge is 2.89. The minimum Gasteiger partial charge on any atom is -0.497 e. The quantitative estimate of drug-likeness (QED) is 0.353. The molecule has 14 heteroatoms. The van der Waals surface area contributed by atoms with Crippen LogP contribution in [-0.2, 0) is 24.4 Å². The third-order valence-corrected chi connectivity index (χ3v) is 13.8. The van der Waals surface area contributed by atoms with Crippen molar-refractivity contribution in [3.05, 3.63) is 30.4 Å². The Balaban J connectivity index is 1.20. The first-order valence-corrected chi connectivity index (χ1v) is 18.7.